The van der Waals surface area contributed by atoms with Gasteiger partial charge in [-0.3, -0.25) is 4.79 Å². The Bertz CT molecular complexity index is 615. The molecule has 0 spiro atoms. The Labute approximate surface area is 132 Å². The molecule has 2 nitrogen and oxygen atoms in total. The SMILES string of the molecule is O=C(c1ccc(OC2CC2)cc1)c1cc(Br)sc1Br. The molecular formula is C14H10Br2O2S. The Morgan fingerprint density at radius 2 is 1.89 bits per heavy atom. The van der Waals surface area contributed by atoms with E-state index in [4.69, 9.17) is 4.74 Å². The topological polar surface area (TPSA) is 26.3 Å². The third-order valence-corrected chi connectivity index (χ3v) is 5.18. The van der Waals surface area contributed by atoms with E-state index in [-0.39, 0.29) is 5.78 Å². The van der Waals surface area contributed by atoms with Crippen molar-refractivity contribution in [1.82, 2.24) is 0 Å². The average molecular weight is 402 g/mol. The molecule has 1 fully saturated rings. The van der Waals surface area contributed by atoms with Crippen LogP contribution in [-0.4, -0.2) is 11.9 Å². The maximum Gasteiger partial charge on any atom is 0.195 e. The molecule has 19 heavy (non-hydrogen) atoms. The number of carbonyl (C=O) groups is 1. The maximum atomic E-state index is 12.3. The summed E-state index contributed by atoms with van der Waals surface area (Å²) in [6.07, 6.45) is 2.65. The average Bonchev–Trinajstić information content (AvgIpc) is 3.13. The van der Waals surface area contributed by atoms with Crippen LogP contribution in [0.3, 0.4) is 0 Å². The monoisotopic (exact) mass is 400 g/mol. The molecule has 0 bridgehead atoms. The van der Waals surface area contributed by atoms with E-state index >= 15 is 0 Å². The van der Waals surface area contributed by atoms with Crippen molar-refractivity contribution in [3.63, 3.8) is 0 Å². The van der Waals surface area contributed by atoms with E-state index in [2.05, 4.69) is 31.9 Å². The Hall–Kier alpha value is -0.650. The summed E-state index contributed by atoms with van der Waals surface area (Å²) in [6.45, 7) is 0. The first-order valence-corrected chi connectivity index (χ1v) is 8.30. The van der Waals surface area contributed by atoms with Gasteiger partial charge in [0.1, 0.15) is 5.75 Å². The number of ether oxygens (including phenoxy) is 1. The number of rotatable bonds is 4. The molecule has 5 heteroatoms. The third kappa shape index (κ3) is 3.09. The highest BCUT2D eigenvalue weighted by atomic mass is 79.9. The smallest absolute Gasteiger partial charge is 0.195 e. The van der Waals surface area contributed by atoms with E-state index in [9.17, 15) is 4.79 Å². The molecule has 0 radical (unpaired) electrons. The van der Waals surface area contributed by atoms with Crippen LogP contribution < -0.4 is 4.74 Å². The first-order valence-electron chi connectivity index (χ1n) is 5.90. The summed E-state index contributed by atoms with van der Waals surface area (Å²) in [7, 11) is 0. The van der Waals surface area contributed by atoms with Gasteiger partial charge in [0.05, 0.1) is 13.7 Å². The summed E-state index contributed by atoms with van der Waals surface area (Å²) in [5.74, 6) is 0.858. The summed E-state index contributed by atoms with van der Waals surface area (Å²) in [5, 5.41) is 0. The second-order valence-electron chi connectivity index (χ2n) is 4.41. The zero-order chi connectivity index (χ0) is 13.4. The van der Waals surface area contributed by atoms with Gasteiger partial charge in [-0.15, -0.1) is 11.3 Å². The second-order valence-corrected chi connectivity index (χ2v) is 8.16. The summed E-state index contributed by atoms with van der Waals surface area (Å²) in [6, 6.07) is 9.20. The van der Waals surface area contributed by atoms with Gasteiger partial charge in [0, 0.05) is 11.1 Å². The first kappa shape index (κ1) is 13.3. The highest BCUT2D eigenvalue weighted by Gasteiger charge is 2.23. The lowest BCUT2D eigenvalue weighted by molar-refractivity contribution is 0.103. The van der Waals surface area contributed by atoms with Gasteiger partial charge in [-0.2, -0.15) is 0 Å². The van der Waals surface area contributed by atoms with Crippen molar-refractivity contribution in [2.45, 2.75) is 18.9 Å². The standard InChI is InChI=1S/C14H10Br2O2S/c15-12-7-11(14(16)19-12)13(17)8-1-3-9(4-2-8)18-10-5-6-10/h1-4,7,10H,5-6H2. The van der Waals surface area contributed by atoms with Crippen LogP contribution in [0.1, 0.15) is 28.8 Å². The fourth-order valence-corrected chi connectivity index (χ4v) is 4.51. The van der Waals surface area contributed by atoms with E-state index in [1.165, 1.54) is 11.3 Å². The molecule has 0 aliphatic heterocycles. The van der Waals surface area contributed by atoms with Gasteiger partial charge in [0.15, 0.2) is 5.78 Å². The maximum absolute atomic E-state index is 12.3. The van der Waals surface area contributed by atoms with Gasteiger partial charge in [0.25, 0.3) is 0 Å². The van der Waals surface area contributed by atoms with Crippen LogP contribution in [0.5, 0.6) is 5.75 Å². The molecule has 3 rings (SSSR count). The van der Waals surface area contributed by atoms with Crippen LogP contribution in [0.4, 0.5) is 0 Å². The Morgan fingerprint density at radius 3 is 2.42 bits per heavy atom. The molecule has 2 aromatic rings. The van der Waals surface area contributed by atoms with Crippen molar-refractivity contribution in [2.24, 2.45) is 0 Å². The number of benzene rings is 1. The number of hydrogen-bond acceptors (Lipinski definition) is 3. The van der Waals surface area contributed by atoms with Gasteiger partial charge in [0.2, 0.25) is 0 Å². The molecule has 1 heterocycles. The van der Waals surface area contributed by atoms with Crippen molar-refractivity contribution in [2.75, 3.05) is 0 Å². The minimum atomic E-state index is 0.0202. The minimum Gasteiger partial charge on any atom is -0.490 e. The highest BCUT2D eigenvalue weighted by molar-refractivity contribution is 9.12. The van der Waals surface area contributed by atoms with E-state index in [0.717, 1.165) is 26.2 Å². The zero-order valence-electron chi connectivity index (χ0n) is 9.86. The Kier molecular flexibility index (Phi) is 3.78. The van der Waals surface area contributed by atoms with Crippen LogP contribution in [0.2, 0.25) is 0 Å². The van der Waals surface area contributed by atoms with E-state index in [1.807, 2.05) is 30.3 Å². The van der Waals surface area contributed by atoms with Crippen LogP contribution in [-0.2, 0) is 0 Å². The van der Waals surface area contributed by atoms with Gasteiger partial charge in [-0.05, 0) is 75.0 Å². The quantitative estimate of drug-likeness (QED) is 0.670. The summed E-state index contributed by atoms with van der Waals surface area (Å²) in [4.78, 5) is 12.3. The molecular weight excluding hydrogens is 392 g/mol. The fourth-order valence-electron chi connectivity index (χ4n) is 1.71. The van der Waals surface area contributed by atoms with Gasteiger partial charge < -0.3 is 4.74 Å². The molecule has 1 aromatic heterocycles. The fraction of sp³-hybridized carbons (Fsp3) is 0.214. The molecule has 0 unspecified atom stereocenters. The lowest BCUT2D eigenvalue weighted by atomic mass is 10.1. The van der Waals surface area contributed by atoms with Crippen molar-refractivity contribution < 1.29 is 9.53 Å². The summed E-state index contributed by atoms with van der Waals surface area (Å²) in [5.41, 5.74) is 1.36. The van der Waals surface area contributed by atoms with Crippen LogP contribution in [0.25, 0.3) is 0 Å². The van der Waals surface area contributed by atoms with Crippen LogP contribution in [0.15, 0.2) is 37.9 Å². The summed E-state index contributed by atoms with van der Waals surface area (Å²) >= 11 is 8.30. The van der Waals surface area contributed by atoms with E-state index in [1.54, 1.807) is 0 Å². The lowest BCUT2D eigenvalue weighted by Gasteiger charge is -2.05. The normalized spacial score (nSPS) is 14.4. The third-order valence-electron chi connectivity index (χ3n) is 2.84. The van der Waals surface area contributed by atoms with Crippen LogP contribution >= 0.6 is 43.2 Å². The number of halogens is 2. The molecule has 1 aromatic carbocycles. The first-order chi connectivity index (χ1) is 9.13. The van der Waals surface area contributed by atoms with Crippen molar-refractivity contribution in [1.29, 1.82) is 0 Å². The second kappa shape index (κ2) is 5.38. The lowest BCUT2D eigenvalue weighted by Crippen LogP contribution is -2.01. The molecule has 1 aliphatic carbocycles. The van der Waals surface area contributed by atoms with Crippen molar-refractivity contribution >= 4 is 49.0 Å². The van der Waals surface area contributed by atoms with Gasteiger partial charge in [-0.25, -0.2) is 0 Å². The van der Waals surface area contributed by atoms with Gasteiger partial charge >= 0.3 is 0 Å². The molecule has 1 aliphatic rings. The highest BCUT2D eigenvalue weighted by Crippen LogP contribution is 2.33. The number of carbonyl (C=O) groups excluding carboxylic acids is 1. The van der Waals surface area contributed by atoms with Crippen molar-refractivity contribution in [3.05, 3.63) is 49.0 Å². The number of ketones is 1. The van der Waals surface area contributed by atoms with Gasteiger partial charge in [-0.1, -0.05) is 0 Å². The predicted octanol–water partition coefficient (Wildman–Crippen LogP) is 5.05. The van der Waals surface area contributed by atoms with E-state index in [0.29, 0.717) is 17.2 Å². The largest absolute Gasteiger partial charge is 0.490 e. The molecule has 0 atom stereocenters. The van der Waals surface area contributed by atoms with E-state index < -0.39 is 0 Å². The van der Waals surface area contributed by atoms with Crippen molar-refractivity contribution in [3.8, 4) is 5.75 Å². The number of thiophene rings is 1. The summed E-state index contributed by atoms with van der Waals surface area (Å²) < 4.78 is 7.46. The molecule has 0 N–H and O–H groups in total. The predicted molar refractivity (Wildman–Crippen MR) is 83.2 cm³/mol. The minimum absolute atomic E-state index is 0.0202. The Balaban J connectivity index is 1.81. The molecule has 98 valence electrons. The Morgan fingerprint density at radius 1 is 1.21 bits per heavy atom. The van der Waals surface area contributed by atoms with Crippen LogP contribution in [0, 0.1) is 0 Å². The molecule has 1 saturated carbocycles. The zero-order valence-corrected chi connectivity index (χ0v) is 13.8. The molecule has 0 amide bonds. The number of hydrogen-bond donors (Lipinski definition) is 0. The molecule has 0 saturated heterocycles.